The molecule has 0 saturated heterocycles. The molecule has 0 saturated carbocycles. The monoisotopic (exact) mass is 281 g/mol. The molecule has 1 aromatic carbocycles. The van der Waals surface area contributed by atoms with E-state index in [-0.39, 0.29) is 11.2 Å². The van der Waals surface area contributed by atoms with Gasteiger partial charge in [0.05, 0.1) is 5.69 Å². The van der Waals surface area contributed by atoms with Gasteiger partial charge in [-0.2, -0.15) is 0 Å². The SMILES string of the molecule is Nc1c(F)cc(B(O)O)cc1I. The Labute approximate surface area is 82.7 Å². The van der Waals surface area contributed by atoms with Crippen LogP contribution < -0.4 is 11.2 Å². The first-order chi connectivity index (χ1) is 5.52. The average molecular weight is 281 g/mol. The van der Waals surface area contributed by atoms with Crippen LogP contribution in [-0.2, 0) is 0 Å². The standard InChI is InChI=1S/C6H6BFINO2/c8-4-1-3(7(11)12)2-5(9)6(4)10/h1-2,11-12H,10H2. The van der Waals surface area contributed by atoms with E-state index in [1.807, 2.05) is 22.6 Å². The van der Waals surface area contributed by atoms with Crippen LogP contribution >= 0.6 is 22.6 Å². The summed E-state index contributed by atoms with van der Waals surface area (Å²) in [6, 6.07) is 2.42. The summed E-state index contributed by atoms with van der Waals surface area (Å²) in [7, 11) is -1.66. The number of hydrogen-bond acceptors (Lipinski definition) is 3. The molecule has 0 amide bonds. The summed E-state index contributed by atoms with van der Waals surface area (Å²) in [6.45, 7) is 0. The maximum absolute atomic E-state index is 12.8. The predicted octanol–water partition coefficient (Wildman–Crippen LogP) is -0.308. The van der Waals surface area contributed by atoms with Crippen molar-refractivity contribution in [3.05, 3.63) is 21.5 Å². The summed E-state index contributed by atoms with van der Waals surface area (Å²) in [5.41, 5.74) is 5.44. The van der Waals surface area contributed by atoms with Crippen molar-refractivity contribution in [1.82, 2.24) is 0 Å². The fourth-order valence-electron chi connectivity index (χ4n) is 0.753. The van der Waals surface area contributed by atoms with Crippen LogP contribution in [0.15, 0.2) is 12.1 Å². The van der Waals surface area contributed by atoms with Gasteiger partial charge in [0.15, 0.2) is 0 Å². The topological polar surface area (TPSA) is 66.5 Å². The largest absolute Gasteiger partial charge is 0.488 e. The Morgan fingerprint density at radius 2 is 2.00 bits per heavy atom. The second-order valence-corrected chi connectivity index (χ2v) is 3.43. The van der Waals surface area contributed by atoms with E-state index in [1.54, 1.807) is 0 Å². The molecule has 1 aromatic rings. The Balaban J connectivity index is 3.21. The lowest BCUT2D eigenvalue weighted by Gasteiger charge is -2.03. The highest BCUT2D eigenvalue weighted by Gasteiger charge is 2.14. The molecule has 0 aromatic heterocycles. The van der Waals surface area contributed by atoms with Gasteiger partial charge in [-0.05, 0) is 40.2 Å². The lowest BCUT2D eigenvalue weighted by Crippen LogP contribution is -2.30. The first-order valence-corrected chi connectivity index (χ1v) is 4.21. The number of benzene rings is 1. The van der Waals surface area contributed by atoms with Crippen molar-refractivity contribution >= 4 is 40.9 Å². The van der Waals surface area contributed by atoms with Crippen LogP contribution in [0.2, 0.25) is 0 Å². The normalized spacial score (nSPS) is 10.0. The van der Waals surface area contributed by atoms with Crippen molar-refractivity contribution in [2.75, 3.05) is 5.73 Å². The highest BCUT2D eigenvalue weighted by molar-refractivity contribution is 14.1. The lowest BCUT2D eigenvalue weighted by atomic mass is 9.80. The van der Waals surface area contributed by atoms with Crippen LogP contribution in [-0.4, -0.2) is 17.2 Å². The highest BCUT2D eigenvalue weighted by atomic mass is 127. The predicted molar refractivity (Wildman–Crippen MR) is 53.4 cm³/mol. The summed E-state index contributed by atoms with van der Waals surface area (Å²) >= 11 is 1.82. The number of halogens is 2. The molecule has 0 atom stereocenters. The van der Waals surface area contributed by atoms with Gasteiger partial charge in [0.25, 0.3) is 0 Å². The molecule has 0 radical (unpaired) electrons. The third-order valence-corrected chi connectivity index (χ3v) is 2.29. The first kappa shape index (κ1) is 9.75. The second kappa shape index (κ2) is 3.59. The third-order valence-electron chi connectivity index (χ3n) is 1.40. The Hall–Kier alpha value is -0.335. The van der Waals surface area contributed by atoms with Gasteiger partial charge in [-0.1, -0.05) is 0 Å². The minimum absolute atomic E-state index is 0.0278. The number of hydrogen-bond donors (Lipinski definition) is 3. The van der Waals surface area contributed by atoms with Gasteiger partial charge in [-0.25, -0.2) is 4.39 Å². The van der Waals surface area contributed by atoms with Crippen molar-refractivity contribution in [3.8, 4) is 0 Å². The van der Waals surface area contributed by atoms with Gasteiger partial charge in [0, 0.05) is 3.57 Å². The molecule has 64 valence electrons. The molecule has 0 unspecified atom stereocenters. The molecule has 0 aliphatic heterocycles. The van der Waals surface area contributed by atoms with Gasteiger partial charge >= 0.3 is 7.12 Å². The number of nitrogens with two attached hydrogens (primary N) is 1. The summed E-state index contributed by atoms with van der Waals surface area (Å²) in [5, 5.41) is 17.4. The molecule has 0 aliphatic carbocycles. The van der Waals surface area contributed by atoms with E-state index < -0.39 is 12.9 Å². The molecule has 0 aliphatic rings. The lowest BCUT2D eigenvalue weighted by molar-refractivity contribution is 0.425. The molecular weight excluding hydrogens is 275 g/mol. The van der Waals surface area contributed by atoms with E-state index in [2.05, 4.69) is 0 Å². The van der Waals surface area contributed by atoms with Crippen molar-refractivity contribution in [2.24, 2.45) is 0 Å². The van der Waals surface area contributed by atoms with Gasteiger partial charge in [-0.3, -0.25) is 0 Å². The van der Waals surface area contributed by atoms with E-state index in [0.29, 0.717) is 3.57 Å². The Bertz CT molecular complexity index is 285. The molecule has 6 heteroatoms. The summed E-state index contributed by atoms with van der Waals surface area (Å²) in [4.78, 5) is 0. The van der Waals surface area contributed by atoms with Gasteiger partial charge in [0.2, 0.25) is 0 Å². The molecule has 0 bridgehead atoms. The Kier molecular flexibility index (Phi) is 2.91. The zero-order valence-electron chi connectivity index (χ0n) is 5.96. The maximum atomic E-state index is 12.8. The molecule has 3 nitrogen and oxygen atoms in total. The first-order valence-electron chi connectivity index (χ1n) is 3.13. The molecule has 0 spiro atoms. The molecule has 1 rings (SSSR count). The molecule has 0 fully saturated rings. The van der Waals surface area contributed by atoms with Crippen molar-refractivity contribution in [1.29, 1.82) is 0 Å². The van der Waals surface area contributed by atoms with Crippen molar-refractivity contribution < 1.29 is 14.4 Å². The van der Waals surface area contributed by atoms with Crippen LogP contribution in [0.3, 0.4) is 0 Å². The molecule has 0 heterocycles. The second-order valence-electron chi connectivity index (χ2n) is 2.27. The zero-order chi connectivity index (χ0) is 9.30. The van der Waals surface area contributed by atoms with Crippen LogP contribution in [0.5, 0.6) is 0 Å². The average Bonchev–Trinajstić information content (AvgIpc) is 1.99. The smallest absolute Gasteiger partial charge is 0.423 e. The molecule has 12 heavy (non-hydrogen) atoms. The van der Waals surface area contributed by atoms with Crippen LogP contribution in [0, 0.1) is 9.39 Å². The molecule has 4 N–H and O–H groups in total. The fraction of sp³-hybridized carbons (Fsp3) is 0. The molecular formula is C6H6BFINO2. The van der Waals surface area contributed by atoms with Gasteiger partial charge < -0.3 is 15.8 Å². The van der Waals surface area contributed by atoms with Crippen LogP contribution in [0.1, 0.15) is 0 Å². The quantitative estimate of drug-likeness (QED) is 0.376. The summed E-state index contributed by atoms with van der Waals surface area (Å²) in [6.07, 6.45) is 0. The number of anilines is 1. The van der Waals surface area contributed by atoms with Crippen molar-refractivity contribution in [2.45, 2.75) is 0 Å². The van der Waals surface area contributed by atoms with E-state index in [9.17, 15) is 4.39 Å². The summed E-state index contributed by atoms with van der Waals surface area (Å²) in [5.74, 6) is -0.634. The third kappa shape index (κ3) is 1.88. The van der Waals surface area contributed by atoms with Crippen LogP contribution in [0.25, 0.3) is 0 Å². The highest BCUT2D eigenvalue weighted by Crippen LogP contribution is 2.16. The van der Waals surface area contributed by atoms with Crippen molar-refractivity contribution in [3.63, 3.8) is 0 Å². The number of rotatable bonds is 1. The minimum atomic E-state index is -1.66. The number of nitrogen functional groups attached to an aromatic ring is 1. The Morgan fingerprint density at radius 3 is 2.42 bits per heavy atom. The van der Waals surface area contributed by atoms with E-state index in [0.717, 1.165) is 6.07 Å². The van der Waals surface area contributed by atoms with E-state index in [1.165, 1.54) is 6.07 Å². The van der Waals surface area contributed by atoms with Crippen LogP contribution in [0.4, 0.5) is 10.1 Å². The Morgan fingerprint density at radius 1 is 1.42 bits per heavy atom. The van der Waals surface area contributed by atoms with Gasteiger partial charge in [0.1, 0.15) is 5.82 Å². The zero-order valence-corrected chi connectivity index (χ0v) is 8.12. The maximum Gasteiger partial charge on any atom is 0.488 e. The van der Waals surface area contributed by atoms with Gasteiger partial charge in [-0.15, -0.1) is 0 Å². The minimum Gasteiger partial charge on any atom is -0.423 e. The fourth-order valence-corrected chi connectivity index (χ4v) is 1.37. The van der Waals surface area contributed by atoms with E-state index in [4.69, 9.17) is 15.8 Å². The van der Waals surface area contributed by atoms with E-state index >= 15 is 0 Å². The summed E-state index contributed by atoms with van der Waals surface area (Å²) < 4.78 is 13.3.